The number of nitrogens with zero attached hydrogens (tertiary/aromatic N) is 4. The smallest absolute Gasteiger partial charge is 0.352 e. The number of carbonyl (C=O) groups is 2. The third kappa shape index (κ3) is 7.63. The Morgan fingerprint density at radius 1 is 1.10 bits per heavy atom. The molecule has 206 valence electrons. The molecule has 2 amide bonds. The summed E-state index contributed by atoms with van der Waals surface area (Å²) in [5.41, 5.74) is -1.25. The summed E-state index contributed by atoms with van der Waals surface area (Å²) in [6, 6.07) is 7.53. The van der Waals surface area contributed by atoms with Gasteiger partial charge in [0, 0.05) is 49.4 Å². The number of carbonyl (C=O) groups excluding carboxylic acids is 2. The fourth-order valence-electron chi connectivity index (χ4n) is 3.29. The van der Waals surface area contributed by atoms with Gasteiger partial charge in [-0.05, 0) is 55.0 Å². The molecule has 39 heavy (non-hydrogen) atoms. The van der Waals surface area contributed by atoms with Crippen LogP contribution in [0.5, 0.6) is 0 Å². The summed E-state index contributed by atoms with van der Waals surface area (Å²) in [5, 5.41) is 5.45. The molecule has 0 radical (unpaired) electrons. The summed E-state index contributed by atoms with van der Waals surface area (Å²) in [7, 11) is 1.41. The van der Waals surface area contributed by atoms with E-state index in [2.05, 4.69) is 27.2 Å². The minimum absolute atomic E-state index is 0.0271. The van der Waals surface area contributed by atoms with Crippen LogP contribution >= 0.6 is 11.8 Å². The average molecular weight is 569 g/mol. The Balaban J connectivity index is 1.56. The number of anilines is 4. The molecular weight excluding hydrogens is 547 g/mol. The summed E-state index contributed by atoms with van der Waals surface area (Å²) < 4.78 is 67.1. The number of hydrogen-bond donors (Lipinski definition) is 2. The highest BCUT2D eigenvalue weighted by molar-refractivity contribution is 6.25. The lowest BCUT2D eigenvalue weighted by atomic mass is 10.1. The Hall–Kier alpha value is -4.26. The SMILES string of the molecule is C=CC(=O)N(C)c1cc(Nc2ccnc(N(Cl)CCCNC(=O)c3ccc(C(F)(F)F)c(F)c3)n2)ccc1F. The van der Waals surface area contributed by atoms with Gasteiger partial charge >= 0.3 is 6.18 Å². The Kier molecular flexibility index (Phi) is 9.41. The minimum Gasteiger partial charge on any atom is -0.352 e. The Morgan fingerprint density at radius 2 is 1.85 bits per heavy atom. The van der Waals surface area contributed by atoms with Crippen molar-refractivity contribution in [3.05, 3.63) is 84.1 Å². The maximum Gasteiger partial charge on any atom is 0.419 e. The monoisotopic (exact) mass is 568 g/mol. The molecule has 0 aliphatic carbocycles. The first kappa shape index (κ1) is 29.3. The van der Waals surface area contributed by atoms with Gasteiger partial charge in [-0.1, -0.05) is 6.58 Å². The molecule has 2 N–H and O–H groups in total. The van der Waals surface area contributed by atoms with Crippen LogP contribution in [-0.4, -0.2) is 41.9 Å². The first-order valence-electron chi connectivity index (χ1n) is 11.3. The molecule has 0 fully saturated rings. The van der Waals surface area contributed by atoms with Crippen molar-refractivity contribution < 1.29 is 31.5 Å². The molecule has 0 aliphatic rings. The van der Waals surface area contributed by atoms with Crippen LogP contribution in [0.15, 0.2) is 61.3 Å². The molecule has 8 nitrogen and oxygen atoms in total. The van der Waals surface area contributed by atoms with Crippen molar-refractivity contribution >= 4 is 46.7 Å². The second-order valence-corrected chi connectivity index (χ2v) is 8.43. The van der Waals surface area contributed by atoms with Crippen LogP contribution in [0.2, 0.25) is 0 Å². The van der Waals surface area contributed by atoms with Crippen LogP contribution in [0.1, 0.15) is 22.3 Å². The number of benzene rings is 2. The average Bonchev–Trinajstić information content (AvgIpc) is 2.90. The maximum absolute atomic E-state index is 14.2. The van der Waals surface area contributed by atoms with Crippen LogP contribution < -0.4 is 20.0 Å². The van der Waals surface area contributed by atoms with Gasteiger partial charge in [0.2, 0.25) is 11.9 Å². The topological polar surface area (TPSA) is 90.5 Å². The van der Waals surface area contributed by atoms with E-state index >= 15 is 0 Å². The molecule has 2 aromatic carbocycles. The summed E-state index contributed by atoms with van der Waals surface area (Å²) in [4.78, 5) is 33.4. The minimum atomic E-state index is -4.86. The van der Waals surface area contributed by atoms with Crippen molar-refractivity contribution in [3.63, 3.8) is 0 Å². The number of likely N-dealkylation sites (N-methyl/N-ethyl adjacent to an activating group) is 1. The normalized spacial score (nSPS) is 11.1. The zero-order chi connectivity index (χ0) is 28.7. The van der Waals surface area contributed by atoms with Crippen LogP contribution in [0.4, 0.5) is 45.1 Å². The summed E-state index contributed by atoms with van der Waals surface area (Å²) >= 11 is 6.24. The Morgan fingerprint density at radius 3 is 2.51 bits per heavy atom. The van der Waals surface area contributed by atoms with E-state index < -0.39 is 35.2 Å². The van der Waals surface area contributed by atoms with E-state index in [-0.39, 0.29) is 30.3 Å². The van der Waals surface area contributed by atoms with Gasteiger partial charge < -0.3 is 15.5 Å². The van der Waals surface area contributed by atoms with E-state index in [1.165, 1.54) is 35.9 Å². The number of amides is 2. The van der Waals surface area contributed by atoms with Crippen molar-refractivity contribution in [2.24, 2.45) is 0 Å². The summed E-state index contributed by atoms with van der Waals surface area (Å²) in [5.74, 6) is -2.95. The second kappa shape index (κ2) is 12.5. The highest BCUT2D eigenvalue weighted by atomic mass is 35.5. The molecule has 0 bridgehead atoms. The number of hydrogen-bond acceptors (Lipinski definition) is 6. The zero-order valence-electron chi connectivity index (χ0n) is 20.4. The van der Waals surface area contributed by atoms with Crippen molar-refractivity contribution in [2.75, 3.05) is 34.8 Å². The van der Waals surface area contributed by atoms with E-state index in [1.54, 1.807) is 6.07 Å². The summed E-state index contributed by atoms with van der Waals surface area (Å²) in [6.45, 7) is 3.63. The van der Waals surface area contributed by atoms with Gasteiger partial charge in [0.05, 0.1) is 11.3 Å². The molecule has 3 rings (SSSR count). The van der Waals surface area contributed by atoms with E-state index in [0.717, 1.165) is 17.0 Å². The van der Waals surface area contributed by atoms with Crippen molar-refractivity contribution in [2.45, 2.75) is 12.6 Å². The van der Waals surface area contributed by atoms with Gasteiger partial charge in [0.25, 0.3) is 5.91 Å². The summed E-state index contributed by atoms with van der Waals surface area (Å²) in [6.07, 6.45) is -2.07. The van der Waals surface area contributed by atoms with Crippen LogP contribution in [0.25, 0.3) is 0 Å². The third-order valence-corrected chi connectivity index (χ3v) is 5.62. The molecule has 0 spiro atoms. The largest absolute Gasteiger partial charge is 0.419 e. The van der Waals surface area contributed by atoms with Gasteiger partial charge in [-0.3, -0.25) is 14.0 Å². The van der Waals surface area contributed by atoms with Crippen LogP contribution in [-0.2, 0) is 11.0 Å². The molecule has 14 heteroatoms. The zero-order valence-corrected chi connectivity index (χ0v) is 21.2. The van der Waals surface area contributed by atoms with Crippen LogP contribution in [0, 0.1) is 11.6 Å². The maximum atomic E-state index is 14.2. The van der Waals surface area contributed by atoms with Gasteiger partial charge in [-0.25, -0.2) is 13.8 Å². The lowest BCUT2D eigenvalue weighted by Crippen LogP contribution is -2.27. The lowest BCUT2D eigenvalue weighted by Gasteiger charge is -2.18. The first-order valence-corrected chi connectivity index (χ1v) is 11.6. The fraction of sp³-hybridized carbons (Fsp3) is 0.200. The van der Waals surface area contributed by atoms with E-state index in [4.69, 9.17) is 11.8 Å². The fourth-order valence-corrected chi connectivity index (χ4v) is 3.49. The number of rotatable bonds is 10. The van der Waals surface area contributed by atoms with Gasteiger partial charge in [-0.15, -0.1) is 0 Å². The Labute approximate surface area is 225 Å². The van der Waals surface area contributed by atoms with Gasteiger partial charge in [-0.2, -0.15) is 18.2 Å². The molecule has 1 heterocycles. The van der Waals surface area contributed by atoms with Gasteiger partial charge in [0.1, 0.15) is 17.5 Å². The number of nitrogens with one attached hydrogen (secondary N) is 2. The first-order chi connectivity index (χ1) is 18.4. The molecule has 0 saturated heterocycles. The number of aromatic nitrogens is 2. The van der Waals surface area contributed by atoms with Crippen molar-refractivity contribution in [1.82, 2.24) is 15.3 Å². The number of alkyl halides is 3. The highest BCUT2D eigenvalue weighted by Gasteiger charge is 2.34. The molecule has 0 aliphatic heterocycles. The standard InChI is InChI=1S/C25H22ClF5N6O2/c1-3-22(38)36(2)20-14-16(6-8-18(20)27)34-21-9-11-33-24(35-21)37(26)12-4-10-32-23(39)15-5-7-17(19(28)13-15)25(29,30)31/h3,5-9,11,13-14H,1,4,10,12H2,2H3,(H,32,39)(H,33,34,35). The molecule has 1 aromatic heterocycles. The van der Waals surface area contributed by atoms with Crippen molar-refractivity contribution in [1.29, 1.82) is 0 Å². The second-order valence-electron chi connectivity index (χ2n) is 8.02. The molecule has 0 unspecified atom stereocenters. The lowest BCUT2D eigenvalue weighted by molar-refractivity contribution is -0.140. The molecular formula is C25H22ClF5N6O2. The molecule has 3 aromatic rings. The predicted octanol–water partition coefficient (Wildman–Crippen LogP) is 5.45. The quantitative estimate of drug-likeness (QED) is 0.146. The highest BCUT2D eigenvalue weighted by Crippen LogP contribution is 2.31. The molecule has 0 saturated carbocycles. The van der Waals surface area contributed by atoms with Crippen molar-refractivity contribution in [3.8, 4) is 0 Å². The van der Waals surface area contributed by atoms with Gasteiger partial charge in [0.15, 0.2) is 0 Å². The third-order valence-electron chi connectivity index (χ3n) is 5.30. The van der Waals surface area contributed by atoms with E-state index in [0.29, 0.717) is 30.1 Å². The number of halogens is 6. The van der Waals surface area contributed by atoms with Crippen LogP contribution in [0.3, 0.4) is 0 Å². The predicted molar refractivity (Wildman–Crippen MR) is 137 cm³/mol. The Bertz CT molecular complexity index is 1370. The van der Waals surface area contributed by atoms with E-state index in [1.807, 2.05) is 0 Å². The van der Waals surface area contributed by atoms with E-state index in [9.17, 15) is 31.5 Å². The molecule has 0 atom stereocenters.